The normalized spacial score (nSPS) is 23.4. The summed E-state index contributed by atoms with van der Waals surface area (Å²) in [6.45, 7) is 0. The summed E-state index contributed by atoms with van der Waals surface area (Å²) in [6.07, 6.45) is 1.84. The van der Waals surface area contributed by atoms with Gasteiger partial charge in [0.1, 0.15) is 10.7 Å². The van der Waals surface area contributed by atoms with Crippen LogP contribution in [0.25, 0.3) is 0 Å². The molecule has 2 unspecified atom stereocenters. The molecule has 3 rings (SSSR count). The van der Waals surface area contributed by atoms with Crippen molar-refractivity contribution in [1.29, 1.82) is 0 Å². The second-order valence-electron chi connectivity index (χ2n) is 5.50. The summed E-state index contributed by atoms with van der Waals surface area (Å²) in [7, 11) is -9.40. The maximum atomic E-state index is 12.6. The lowest BCUT2D eigenvalue weighted by Gasteiger charge is -2.31. The Morgan fingerprint density at radius 1 is 0.880 bits per heavy atom. The van der Waals surface area contributed by atoms with E-state index in [-0.39, 0.29) is 11.1 Å². The Hall–Kier alpha value is -2.34. The van der Waals surface area contributed by atoms with E-state index in [1.807, 2.05) is 0 Å². The van der Waals surface area contributed by atoms with Crippen molar-refractivity contribution >= 4 is 31.8 Å². The number of Topliss-reactive ketones (excluding diaryl/α,β-unsaturated/α-hetero) is 2. The Labute approximate surface area is 141 Å². The standard InChI is InChI=1S/C14H10O9S2/c15-12-8-3-4-10(25(21,22)23)14(17)11(8)13(16)7-2-1-6(5-9(7)12)24(18,19)20/h1-5,8,11,17H,(H,18,19,20)(H,21,22,23). The van der Waals surface area contributed by atoms with Crippen molar-refractivity contribution < 1.29 is 40.6 Å². The Morgan fingerprint density at radius 2 is 1.52 bits per heavy atom. The van der Waals surface area contributed by atoms with Crippen LogP contribution in [0.5, 0.6) is 0 Å². The van der Waals surface area contributed by atoms with Crippen molar-refractivity contribution in [2.45, 2.75) is 4.90 Å². The molecule has 1 aromatic rings. The van der Waals surface area contributed by atoms with Crippen LogP contribution in [0.4, 0.5) is 0 Å². The van der Waals surface area contributed by atoms with Gasteiger partial charge in [-0.3, -0.25) is 18.7 Å². The van der Waals surface area contributed by atoms with E-state index in [2.05, 4.69) is 0 Å². The van der Waals surface area contributed by atoms with Gasteiger partial charge in [0.2, 0.25) is 0 Å². The maximum Gasteiger partial charge on any atom is 0.297 e. The molecule has 0 aromatic heterocycles. The third kappa shape index (κ3) is 2.70. The molecule has 0 fully saturated rings. The SMILES string of the molecule is O=C1c2cc(S(=O)(=O)O)ccc2C(=O)C2C(O)=C(S(=O)(=O)O)C=CC12. The lowest BCUT2D eigenvalue weighted by molar-refractivity contribution is 0.0757. The number of carbonyl (C=O) groups excluding carboxylic acids is 2. The van der Waals surface area contributed by atoms with Crippen LogP contribution in [0.2, 0.25) is 0 Å². The Morgan fingerprint density at radius 3 is 2.08 bits per heavy atom. The first-order valence-electron chi connectivity index (χ1n) is 6.71. The van der Waals surface area contributed by atoms with Gasteiger partial charge in [-0.25, -0.2) is 0 Å². The van der Waals surface area contributed by atoms with Gasteiger partial charge in [0.25, 0.3) is 20.2 Å². The molecule has 0 spiro atoms. The summed E-state index contributed by atoms with van der Waals surface area (Å²) in [6, 6.07) is 2.74. The monoisotopic (exact) mass is 386 g/mol. The molecule has 0 aliphatic heterocycles. The highest BCUT2D eigenvalue weighted by Gasteiger charge is 2.46. The number of ketones is 2. The molecular formula is C14H10O9S2. The lowest BCUT2D eigenvalue weighted by Crippen LogP contribution is -2.39. The van der Waals surface area contributed by atoms with Gasteiger partial charge < -0.3 is 5.11 Å². The number of carbonyl (C=O) groups is 2. The van der Waals surface area contributed by atoms with E-state index in [1.165, 1.54) is 0 Å². The van der Waals surface area contributed by atoms with Gasteiger partial charge in [-0.15, -0.1) is 0 Å². The predicted molar refractivity (Wildman–Crippen MR) is 82.2 cm³/mol. The summed E-state index contributed by atoms with van der Waals surface area (Å²) in [5.41, 5.74) is -0.496. The van der Waals surface area contributed by atoms with Gasteiger partial charge in [-0.2, -0.15) is 16.8 Å². The third-order valence-electron chi connectivity index (χ3n) is 4.04. The number of aliphatic hydroxyl groups excluding tert-OH is 1. The van der Waals surface area contributed by atoms with Crippen molar-refractivity contribution in [2.24, 2.45) is 11.8 Å². The topological polar surface area (TPSA) is 163 Å². The zero-order chi connectivity index (χ0) is 18.7. The number of benzene rings is 1. The molecule has 0 saturated carbocycles. The highest BCUT2D eigenvalue weighted by Crippen LogP contribution is 2.40. The van der Waals surface area contributed by atoms with Crippen LogP contribution < -0.4 is 0 Å². The molecule has 2 aliphatic carbocycles. The zero-order valence-electron chi connectivity index (χ0n) is 12.1. The molecule has 11 heteroatoms. The first kappa shape index (κ1) is 17.5. The highest BCUT2D eigenvalue weighted by molar-refractivity contribution is 7.90. The van der Waals surface area contributed by atoms with Crippen molar-refractivity contribution in [3.8, 4) is 0 Å². The molecule has 0 amide bonds. The average molecular weight is 386 g/mol. The summed E-state index contributed by atoms with van der Waals surface area (Å²) in [5.74, 6) is -5.31. The Kier molecular flexibility index (Phi) is 3.73. The van der Waals surface area contributed by atoms with Crippen molar-refractivity contribution in [3.05, 3.63) is 52.1 Å². The second kappa shape index (κ2) is 5.33. The number of hydrogen-bond donors (Lipinski definition) is 3. The third-order valence-corrected chi connectivity index (χ3v) is 5.79. The number of fused-ring (bicyclic) bond motifs is 2. The number of rotatable bonds is 2. The molecule has 9 nitrogen and oxygen atoms in total. The van der Waals surface area contributed by atoms with Crippen molar-refractivity contribution in [2.75, 3.05) is 0 Å². The van der Waals surface area contributed by atoms with Crippen LogP contribution in [-0.2, 0) is 20.2 Å². The fourth-order valence-corrected chi connectivity index (χ4v) is 4.05. The molecule has 0 heterocycles. The predicted octanol–water partition coefficient (Wildman–Crippen LogP) is 0.772. The molecule has 0 bridgehead atoms. The Bertz CT molecular complexity index is 1090. The van der Waals surface area contributed by atoms with Crippen LogP contribution in [0, 0.1) is 11.8 Å². The van der Waals surface area contributed by atoms with Crippen LogP contribution in [0.1, 0.15) is 20.7 Å². The van der Waals surface area contributed by atoms with E-state index in [0.717, 1.165) is 30.4 Å². The molecule has 2 atom stereocenters. The van der Waals surface area contributed by atoms with Gasteiger partial charge in [-0.1, -0.05) is 6.08 Å². The van der Waals surface area contributed by atoms with Gasteiger partial charge in [0.15, 0.2) is 11.6 Å². The fraction of sp³-hybridized carbons (Fsp3) is 0.143. The van der Waals surface area contributed by atoms with Gasteiger partial charge in [0.05, 0.1) is 16.7 Å². The van der Waals surface area contributed by atoms with E-state index in [4.69, 9.17) is 9.11 Å². The summed E-state index contributed by atoms with van der Waals surface area (Å²) in [4.78, 5) is 23.7. The van der Waals surface area contributed by atoms with Crippen LogP contribution >= 0.6 is 0 Å². The molecule has 1 aromatic carbocycles. The molecule has 3 N–H and O–H groups in total. The summed E-state index contributed by atoms with van der Waals surface area (Å²) in [5, 5.41) is 10.1. The minimum Gasteiger partial charge on any atom is -0.510 e. The molecule has 25 heavy (non-hydrogen) atoms. The van der Waals surface area contributed by atoms with Gasteiger partial charge in [-0.05, 0) is 24.3 Å². The minimum absolute atomic E-state index is 0.227. The molecule has 0 radical (unpaired) electrons. The van der Waals surface area contributed by atoms with E-state index in [1.54, 1.807) is 0 Å². The molecular weight excluding hydrogens is 376 g/mol. The molecule has 0 saturated heterocycles. The first-order valence-corrected chi connectivity index (χ1v) is 9.59. The minimum atomic E-state index is -4.80. The van der Waals surface area contributed by atoms with Crippen LogP contribution in [0.15, 0.2) is 45.9 Å². The average Bonchev–Trinajstić information content (AvgIpc) is 2.49. The quantitative estimate of drug-likeness (QED) is 0.623. The van der Waals surface area contributed by atoms with E-state index >= 15 is 0 Å². The summed E-state index contributed by atoms with van der Waals surface area (Å²) >= 11 is 0. The molecule has 2 aliphatic rings. The lowest BCUT2D eigenvalue weighted by atomic mass is 9.71. The number of hydrogen-bond acceptors (Lipinski definition) is 7. The Balaban J connectivity index is 2.22. The van der Waals surface area contributed by atoms with E-state index in [9.17, 15) is 31.5 Å². The highest BCUT2D eigenvalue weighted by atomic mass is 32.2. The fourth-order valence-electron chi connectivity index (χ4n) is 2.90. The van der Waals surface area contributed by atoms with Gasteiger partial charge >= 0.3 is 0 Å². The van der Waals surface area contributed by atoms with Gasteiger partial charge in [0, 0.05) is 11.1 Å². The number of allylic oxidation sites excluding steroid dienone is 3. The summed E-state index contributed by atoms with van der Waals surface area (Å²) < 4.78 is 63.1. The number of aliphatic hydroxyl groups is 1. The van der Waals surface area contributed by atoms with Crippen molar-refractivity contribution in [1.82, 2.24) is 0 Å². The largest absolute Gasteiger partial charge is 0.510 e. The van der Waals surface area contributed by atoms with E-state index < -0.39 is 59.2 Å². The van der Waals surface area contributed by atoms with Crippen LogP contribution in [0.3, 0.4) is 0 Å². The van der Waals surface area contributed by atoms with Crippen LogP contribution in [-0.4, -0.2) is 42.6 Å². The zero-order valence-corrected chi connectivity index (χ0v) is 13.8. The maximum absolute atomic E-state index is 12.6. The molecule has 132 valence electrons. The van der Waals surface area contributed by atoms with Crippen molar-refractivity contribution in [3.63, 3.8) is 0 Å². The van der Waals surface area contributed by atoms with E-state index in [0.29, 0.717) is 0 Å². The smallest absolute Gasteiger partial charge is 0.297 e. The second-order valence-corrected chi connectivity index (χ2v) is 8.31. The first-order chi connectivity index (χ1) is 11.4.